The lowest BCUT2D eigenvalue weighted by Gasteiger charge is -2.34. The summed E-state index contributed by atoms with van der Waals surface area (Å²) in [4.78, 5) is 30.3. The molecule has 2 amide bonds. The second-order valence-corrected chi connectivity index (χ2v) is 14.5. The Morgan fingerprint density at radius 3 is 2.12 bits per heavy atom. The number of nitrogens with zero attached hydrogens (tertiary/aromatic N) is 2. The Morgan fingerprint density at radius 1 is 0.833 bits per heavy atom. The SMILES string of the molecule is COc1ccc(S(=O)(=O)N(CC(=O)N(Cc2cccc(Br)c2)C(Cc2ccccc2)C(=O)NC2CCCC2)c2ccccc2)cc1OC. The summed E-state index contributed by atoms with van der Waals surface area (Å²) in [5.41, 5.74) is 1.98. The van der Waals surface area contributed by atoms with E-state index in [1.165, 1.54) is 37.3 Å². The third-order valence-corrected chi connectivity index (χ3v) is 10.7. The Hall–Kier alpha value is -4.35. The number of methoxy groups -OCH3 is 2. The standard InChI is InChI=1S/C37H40BrN3O6S/c1-46-34-21-20-32(24-35(34)47-2)48(44,45)41(31-18-7-4-8-19-31)26-36(42)40(25-28-14-11-15-29(38)22-28)33(23-27-12-5-3-6-13-27)37(43)39-30-16-9-10-17-30/h3-8,11-15,18-22,24,30,33H,9-10,16-17,23,25-26H2,1-2H3,(H,39,43). The molecule has 5 rings (SSSR count). The number of carbonyl (C=O) groups excluding carboxylic acids is 2. The van der Waals surface area contributed by atoms with E-state index >= 15 is 0 Å². The van der Waals surface area contributed by atoms with E-state index < -0.39 is 28.5 Å². The van der Waals surface area contributed by atoms with Crippen LogP contribution in [0.3, 0.4) is 0 Å². The Labute approximate surface area is 291 Å². The van der Waals surface area contributed by atoms with Crippen molar-refractivity contribution in [2.45, 2.75) is 55.6 Å². The first-order chi connectivity index (χ1) is 23.2. The minimum Gasteiger partial charge on any atom is -0.493 e. The van der Waals surface area contributed by atoms with E-state index in [1.54, 1.807) is 30.3 Å². The van der Waals surface area contributed by atoms with Crippen molar-refractivity contribution in [3.63, 3.8) is 0 Å². The van der Waals surface area contributed by atoms with Gasteiger partial charge in [0.1, 0.15) is 12.6 Å². The smallest absolute Gasteiger partial charge is 0.264 e. The van der Waals surface area contributed by atoms with Crippen LogP contribution in [-0.4, -0.2) is 58.0 Å². The second kappa shape index (κ2) is 16.2. The number of para-hydroxylation sites is 1. The van der Waals surface area contributed by atoms with Gasteiger partial charge in [0, 0.05) is 29.5 Å². The molecule has 4 aromatic rings. The quantitative estimate of drug-likeness (QED) is 0.162. The van der Waals surface area contributed by atoms with E-state index in [-0.39, 0.29) is 35.6 Å². The highest BCUT2D eigenvalue weighted by Gasteiger charge is 2.36. The van der Waals surface area contributed by atoms with Gasteiger partial charge in [-0.05, 0) is 60.4 Å². The van der Waals surface area contributed by atoms with Crippen LogP contribution in [0.25, 0.3) is 0 Å². The largest absolute Gasteiger partial charge is 0.493 e. The van der Waals surface area contributed by atoms with Crippen molar-refractivity contribution in [2.75, 3.05) is 25.1 Å². The number of hydrogen-bond acceptors (Lipinski definition) is 6. The zero-order valence-electron chi connectivity index (χ0n) is 27.0. The molecule has 1 aliphatic carbocycles. The van der Waals surface area contributed by atoms with Gasteiger partial charge in [0.15, 0.2) is 11.5 Å². The van der Waals surface area contributed by atoms with Gasteiger partial charge in [-0.3, -0.25) is 13.9 Å². The molecule has 1 atom stereocenters. The van der Waals surface area contributed by atoms with Crippen LogP contribution < -0.4 is 19.1 Å². The molecule has 0 aromatic heterocycles. The highest BCUT2D eigenvalue weighted by atomic mass is 79.9. The van der Waals surface area contributed by atoms with Crippen LogP contribution in [0, 0.1) is 0 Å². The average Bonchev–Trinajstić information content (AvgIpc) is 3.62. The lowest BCUT2D eigenvalue weighted by molar-refractivity contribution is -0.140. The van der Waals surface area contributed by atoms with Gasteiger partial charge in [0.05, 0.1) is 24.8 Å². The molecular formula is C37H40BrN3O6S. The zero-order chi connectivity index (χ0) is 34.1. The highest BCUT2D eigenvalue weighted by Crippen LogP contribution is 2.32. The molecule has 1 N–H and O–H groups in total. The summed E-state index contributed by atoms with van der Waals surface area (Å²) < 4.78 is 41.3. The number of halogens is 1. The number of benzene rings is 4. The molecule has 1 fully saturated rings. The Kier molecular flexibility index (Phi) is 11.8. The van der Waals surface area contributed by atoms with Crippen molar-refractivity contribution in [3.8, 4) is 11.5 Å². The van der Waals surface area contributed by atoms with E-state index in [1.807, 2.05) is 54.6 Å². The van der Waals surface area contributed by atoms with Crippen molar-refractivity contribution >= 4 is 43.5 Å². The summed E-state index contributed by atoms with van der Waals surface area (Å²) in [6.07, 6.45) is 4.10. The number of rotatable bonds is 14. The summed E-state index contributed by atoms with van der Waals surface area (Å²) in [6.45, 7) is -0.455. The van der Waals surface area contributed by atoms with Gasteiger partial charge < -0.3 is 19.7 Å². The molecule has 0 spiro atoms. The molecular weight excluding hydrogens is 694 g/mol. The molecule has 1 aliphatic rings. The van der Waals surface area contributed by atoms with Crippen molar-refractivity contribution in [1.82, 2.24) is 10.2 Å². The van der Waals surface area contributed by atoms with E-state index in [2.05, 4.69) is 21.2 Å². The average molecular weight is 735 g/mol. The lowest BCUT2D eigenvalue weighted by Crippen LogP contribution is -2.54. The van der Waals surface area contributed by atoms with E-state index in [0.717, 1.165) is 45.6 Å². The first kappa shape index (κ1) is 35.0. The number of hydrogen-bond donors (Lipinski definition) is 1. The summed E-state index contributed by atoms with van der Waals surface area (Å²) in [5.74, 6) is -0.176. The first-order valence-corrected chi connectivity index (χ1v) is 18.1. The predicted octanol–water partition coefficient (Wildman–Crippen LogP) is 6.36. The maximum atomic E-state index is 14.7. The van der Waals surface area contributed by atoms with Gasteiger partial charge in [-0.25, -0.2) is 8.42 Å². The minimum atomic E-state index is -4.30. The molecule has 252 valence electrons. The maximum Gasteiger partial charge on any atom is 0.264 e. The summed E-state index contributed by atoms with van der Waals surface area (Å²) in [7, 11) is -1.41. The molecule has 0 aliphatic heterocycles. The van der Waals surface area contributed by atoms with Crippen molar-refractivity contribution in [3.05, 3.63) is 119 Å². The molecule has 0 bridgehead atoms. The molecule has 4 aromatic carbocycles. The molecule has 9 nitrogen and oxygen atoms in total. The van der Waals surface area contributed by atoms with E-state index in [0.29, 0.717) is 11.4 Å². The number of ether oxygens (including phenoxy) is 2. The number of carbonyl (C=O) groups is 2. The fraction of sp³-hybridized carbons (Fsp3) is 0.297. The van der Waals surface area contributed by atoms with Crippen LogP contribution in [0.15, 0.2) is 112 Å². The number of amides is 2. The summed E-state index contributed by atoms with van der Waals surface area (Å²) in [5, 5.41) is 3.20. The van der Waals surface area contributed by atoms with Gasteiger partial charge in [0.2, 0.25) is 11.8 Å². The topological polar surface area (TPSA) is 105 Å². The van der Waals surface area contributed by atoms with Crippen LogP contribution >= 0.6 is 15.9 Å². The van der Waals surface area contributed by atoms with Gasteiger partial charge in [-0.15, -0.1) is 0 Å². The van der Waals surface area contributed by atoms with Crippen LogP contribution in [0.1, 0.15) is 36.8 Å². The van der Waals surface area contributed by atoms with Crippen LogP contribution in [-0.2, 0) is 32.6 Å². The fourth-order valence-corrected chi connectivity index (χ4v) is 7.86. The van der Waals surface area contributed by atoms with Crippen molar-refractivity contribution < 1.29 is 27.5 Å². The van der Waals surface area contributed by atoms with Gasteiger partial charge in [-0.2, -0.15) is 0 Å². The highest BCUT2D eigenvalue weighted by molar-refractivity contribution is 9.10. The van der Waals surface area contributed by atoms with Gasteiger partial charge in [0.25, 0.3) is 10.0 Å². The number of nitrogens with one attached hydrogen (secondary N) is 1. The summed E-state index contributed by atoms with van der Waals surface area (Å²) in [6, 6.07) is 29.0. The first-order valence-electron chi connectivity index (χ1n) is 15.9. The summed E-state index contributed by atoms with van der Waals surface area (Å²) >= 11 is 3.52. The van der Waals surface area contributed by atoms with Crippen molar-refractivity contribution in [1.29, 1.82) is 0 Å². The van der Waals surface area contributed by atoms with Crippen LogP contribution in [0.4, 0.5) is 5.69 Å². The normalized spacial score (nSPS) is 13.8. The number of sulfonamides is 1. The van der Waals surface area contributed by atoms with E-state index in [4.69, 9.17) is 9.47 Å². The molecule has 0 radical (unpaired) electrons. The van der Waals surface area contributed by atoms with E-state index in [9.17, 15) is 18.0 Å². The third kappa shape index (κ3) is 8.56. The third-order valence-electron chi connectivity index (χ3n) is 8.48. The zero-order valence-corrected chi connectivity index (χ0v) is 29.5. The predicted molar refractivity (Wildman–Crippen MR) is 190 cm³/mol. The number of anilines is 1. The minimum absolute atomic E-state index is 0.0323. The lowest BCUT2D eigenvalue weighted by atomic mass is 10.0. The molecule has 48 heavy (non-hydrogen) atoms. The second-order valence-electron chi connectivity index (χ2n) is 11.7. The fourth-order valence-electron chi connectivity index (χ4n) is 5.98. The van der Waals surface area contributed by atoms with Crippen LogP contribution in [0.5, 0.6) is 11.5 Å². The molecule has 1 saturated carbocycles. The Bertz CT molecular complexity index is 1800. The molecule has 11 heteroatoms. The Balaban J connectivity index is 1.57. The monoisotopic (exact) mass is 733 g/mol. The maximum absolute atomic E-state index is 14.7. The Morgan fingerprint density at radius 2 is 1.48 bits per heavy atom. The van der Waals surface area contributed by atoms with Crippen LogP contribution in [0.2, 0.25) is 0 Å². The molecule has 0 heterocycles. The molecule has 1 unspecified atom stereocenters. The van der Waals surface area contributed by atoms with Gasteiger partial charge >= 0.3 is 0 Å². The molecule has 0 saturated heterocycles. The van der Waals surface area contributed by atoms with Gasteiger partial charge in [-0.1, -0.05) is 89.4 Å². The van der Waals surface area contributed by atoms with Crippen molar-refractivity contribution in [2.24, 2.45) is 0 Å².